The fourth-order valence-electron chi connectivity index (χ4n) is 4.84. The van der Waals surface area contributed by atoms with Gasteiger partial charge in [0, 0.05) is 17.4 Å². The van der Waals surface area contributed by atoms with Crippen molar-refractivity contribution in [2.45, 2.75) is 12.3 Å². The van der Waals surface area contributed by atoms with Gasteiger partial charge in [0.1, 0.15) is 0 Å². The first-order chi connectivity index (χ1) is 14.2. The number of rotatable bonds is 4. The van der Waals surface area contributed by atoms with E-state index in [1.165, 1.54) is 0 Å². The quantitative estimate of drug-likeness (QED) is 0.733. The third kappa shape index (κ3) is 2.60. The Balaban J connectivity index is 1.73. The molecule has 2 aliphatic heterocycles. The molecule has 0 spiro atoms. The standard InChI is InChI=1S/C22H22O7/c1-24-15-5-4-11(7-16(15)25-2)18-13-8-17-21(29-10-28-17)20(26-3)14(13)6-12-9-27-22(23)19(12)18/h4-5,7-8,12,18-19H,6,9-10H2,1-3H3. The fourth-order valence-corrected chi connectivity index (χ4v) is 4.84. The van der Waals surface area contributed by atoms with Crippen LogP contribution in [-0.2, 0) is 16.0 Å². The minimum Gasteiger partial charge on any atom is -0.493 e. The van der Waals surface area contributed by atoms with Gasteiger partial charge < -0.3 is 28.4 Å². The van der Waals surface area contributed by atoms with Crippen LogP contribution in [0.15, 0.2) is 24.3 Å². The van der Waals surface area contributed by atoms with Gasteiger partial charge in [0.15, 0.2) is 23.0 Å². The summed E-state index contributed by atoms with van der Waals surface area (Å²) in [6.45, 7) is 0.564. The first kappa shape index (κ1) is 18.0. The summed E-state index contributed by atoms with van der Waals surface area (Å²) in [5.74, 6) is 2.62. The summed E-state index contributed by atoms with van der Waals surface area (Å²) < 4.78 is 33.4. The molecule has 0 amide bonds. The summed E-state index contributed by atoms with van der Waals surface area (Å²) in [5, 5.41) is 0. The zero-order valence-electron chi connectivity index (χ0n) is 16.5. The van der Waals surface area contributed by atoms with Crippen molar-refractivity contribution in [3.8, 4) is 28.7 Å². The summed E-state index contributed by atoms with van der Waals surface area (Å²) >= 11 is 0. The smallest absolute Gasteiger partial charge is 0.310 e. The monoisotopic (exact) mass is 398 g/mol. The molecular weight excluding hydrogens is 376 g/mol. The molecule has 2 aromatic carbocycles. The van der Waals surface area contributed by atoms with Crippen LogP contribution >= 0.6 is 0 Å². The Morgan fingerprint density at radius 1 is 0.966 bits per heavy atom. The first-order valence-corrected chi connectivity index (χ1v) is 9.54. The Bertz CT molecular complexity index is 984. The predicted octanol–water partition coefficient (Wildman–Crippen LogP) is 2.92. The number of benzene rings is 2. The highest BCUT2D eigenvalue weighted by molar-refractivity contribution is 5.79. The average molecular weight is 398 g/mol. The predicted molar refractivity (Wildman–Crippen MR) is 102 cm³/mol. The van der Waals surface area contributed by atoms with Gasteiger partial charge in [-0.25, -0.2) is 0 Å². The van der Waals surface area contributed by atoms with Gasteiger partial charge in [-0.1, -0.05) is 6.07 Å². The number of methoxy groups -OCH3 is 3. The van der Waals surface area contributed by atoms with Gasteiger partial charge in [0.25, 0.3) is 0 Å². The zero-order valence-corrected chi connectivity index (χ0v) is 16.5. The summed E-state index contributed by atoms with van der Waals surface area (Å²) in [6, 6.07) is 7.74. The number of hydrogen-bond acceptors (Lipinski definition) is 7. The highest BCUT2D eigenvalue weighted by atomic mass is 16.7. The Morgan fingerprint density at radius 3 is 2.55 bits per heavy atom. The lowest BCUT2D eigenvalue weighted by molar-refractivity contribution is -0.141. The first-order valence-electron chi connectivity index (χ1n) is 9.54. The van der Waals surface area contributed by atoms with Crippen molar-refractivity contribution in [3.05, 3.63) is 41.0 Å². The fraction of sp³-hybridized carbons (Fsp3) is 0.409. The van der Waals surface area contributed by atoms with Gasteiger partial charge in [-0.3, -0.25) is 4.79 Å². The number of ether oxygens (including phenoxy) is 6. The molecule has 0 saturated carbocycles. The summed E-state index contributed by atoms with van der Waals surface area (Å²) in [5.41, 5.74) is 2.99. The molecule has 3 aliphatic rings. The van der Waals surface area contributed by atoms with Crippen molar-refractivity contribution >= 4 is 5.97 Å². The second kappa shape index (κ2) is 6.76. The lowest BCUT2D eigenvalue weighted by Gasteiger charge is -2.34. The normalized spacial score (nSPS) is 23.8. The molecule has 152 valence electrons. The third-order valence-electron chi connectivity index (χ3n) is 6.11. The average Bonchev–Trinajstić information content (AvgIpc) is 3.36. The van der Waals surface area contributed by atoms with Crippen molar-refractivity contribution < 1.29 is 33.2 Å². The van der Waals surface area contributed by atoms with E-state index in [2.05, 4.69) is 0 Å². The molecule has 3 unspecified atom stereocenters. The van der Waals surface area contributed by atoms with Gasteiger partial charge in [0.05, 0.1) is 33.9 Å². The van der Waals surface area contributed by atoms with E-state index in [9.17, 15) is 4.79 Å². The zero-order chi connectivity index (χ0) is 20.1. The maximum Gasteiger partial charge on any atom is 0.310 e. The van der Waals surface area contributed by atoms with Crippen LogP contribution in [0.5, 0.6) is 28.7 Å². The molecule has 5 rings (SSSR count). The molecule has 7 heteroatoms. The van der Waals surface area contributed by atoms with Gasteiger partial charge >= 0.3 is 5.97 Å². The highest BCUT2D eigenvalue weighted by Crippen LogP contribution is 2.55. The lowest BCUT2D eigenvalue weighted by Crippen LogP contribution is -2.31. The van der Waals surface area contributed by atoms with Crippen molar-refractivity contribution in [1.29, 1.82) is 0 Å². The highest BCUT2D eigenvalue weighted by Gasteiger charge is 2.49. The Hall–Kier alpha value is -3.09. The van der Waals surface area contributed by atoms with Gasteiger partial charge in [-0.15, -0.1) is 0 Å². The summed E-state index contributed by atoms with van der Waals surface area (Å²) in [7, 11) is 4.83. The van der Waals surface area contributed by atoms with Crippen molar-refractivity contribution in [2.24, 2.45) is 11.8 Å². The number of carbonyl (C=O) groups is 1. The molecule has 7 nitrogen and oxygen atoms in total. The largest absolute Gasteiger partial charge is 0.493 e. The Morgan fingerprint density at radius 2 is 1.79 bits per heavy atom. The lowest BCUT2D eigenvalue weighted by atomic mass is 9.67. The van der Waals surface area contributed by atoms with E-state index in [0.717, 1.165) is 16.7 Å². The van der Waals surface area contributed by atoms with Crippen LogP contribution in [0.4, 0.5) is 0 Å². The summed E-state index contributed by atoms with van der Waals surface area (Å²) in [6.07, 6.45) is 0.690. The minimum absolute atomic E-state index is 0.0716. The van der Waals surface area contributed by atoms with E-state index >= 15 is 0 Å². The second-order valence-electron chi connectivity index (χ2n) is 7.42. The van der Waals surface area contributed by atoms with Gasteiger partial charge in [-0.2, -0.15) is 0 Å². The molecule has 0 radical (unpaired) electrons. The van der Waals surface area contributed by atoms with Crippen LogP contribution in [0, 0.1) is 11.8 Å². The molecule has 2 heterocycles. The number of cyclic esters (lactones) is 1. The SMILES string of the molecule is COc1ccc(C2c3cc4c(c(OC)c3CC3COC(=O)C32)OCO4)cc1OC. The van der Waals surface area contributed by atoms with E-state index in [4.69, 9.17) is 28.4 Å². The van der Waals surface area contributed by atoms with Crippen LogP contribution in [0.25, 0.3) is 0 Å². The number of hydrogen-bond donors (Lipinski definition) is 0. The molecule has 3 atom stereocenters. The van der Waals surface area contributed by atoms with Gasteiger partial charge in [-0.05, 0) is 35.7 Å². The third-order valence-corrected chi connectivity index (χ3v) is 6.11. The van der Waals surface area contributed by atoms with E-state index < -0.39 is 0 Å². The molecular formula is C22H22O7. The molecule has 0 aromatic heterocycles. The summed E-state index contributed by atoms with van der Waals surface area (Å²) in [4.78, 5) is 12.7. The topological polar surface area (TPSA) is 72.5 Å². The maximum atomic E-state index is 12.7. The number of carbonyl (C=O) groups excluding carboxylic acids is 1. The molecule has 1 fully saturated rings. The van der Waals surface area contributed by atoms with Crippen LogP contribution in [0.3, 0.4) is 0 Å². The van der Waals surface area contributed by atoms with Crippen LogP contribution in [0.1, 0.15) is 22.6 Å². The van der Waals surface area contributed by atoms with Crippen molar-refractivity contribution in [1.82, 2.24) is 0 Å². The number of esters is 1. The molecule has 2 aromatic rings. The second-order valence-corrected chi connectivity index (χ2v) is 7.42. The van der Waals surface area contributed by atoms with Crippen molar-refractivity contribution in [2.75, 3.05) is 34.7 Å². The number of fused-ring (bicyclic) bond motifs is 3. The molecule has 1 aliphatic carbocycles. The van der Waals surface area contributed by atoms with Gasteiger partial charge in [0.2, 0.25) is 12.5 Å². The minimum atomic E-state index is -0.273. The van der Waals surface area contributed by atoms with E-state index in [-0.39, 0.29) is 30.5 Å². The molecule has 0 N–H and O–H groups in total. The van der Waals surface area contributed by atoms with E-state index in [1.54, 1.807) is 21.3 Å². The van der Waals surface area contributed by atoms with E-state index in [1.807, 2.05) is 24.3 Å². The van der Waals surface area contributed by atoms with E-state index in [0.29, 0.717) is 41.8 Å². The van der Waals surface area contributed by atoms with Crippen LogP contribution < -0.4 is 23.7 Å². The molecule has 0 bridgehead atoms. The van der Waals surface area contributed by atoms with Crippen molar-refractivity contribution in [3.63, 3.8) is 0 Å². The Labute approximate surface area is 168 Å². The Kier molecular flexibility index (Phi) is 4.19. The molecule has 1 saturated heterocycles. The van der Waals surface area contributed by atoms with Crippen LogP contribution in [0.2, 0.25) is 0 Å². The van der Waals surface area contributed by atoms with Crippen LogP contribution in [-0.4, -0.2) is 40.7 Å². The maximum absolute atomic E-state index is 12.7. The molecule has 29 heavy (non-hydrogen) atoms.